The van der Waals surface area contributed by atoms with Crippen molar-refractivity contribution in [1.82, 2.24) is 4.72 Å². The number of hydrogen-bond acceptors (Lipinski definition) is 6. The summed E-state index contributed by atoms with van der Waals surface area (Å²) in [6, 6.07) is 4.65. The molecule has 0 radical (unpaired) electrons. The maximum Gasteiger partial charge on any atom is 0.240 e. The molecule has 1 aromatic carbocycles. The highest BCUT2D eigenvalue weighted by Crippen LogP contribution is 2.30. The summed E-state index contributed by atoms with van der Waals surface area (Å²) in [5, 5.41) is 9.24. The van der Waals surface area contributed by atoms with Gasteiger partial charge in [-0.1, -0.05) is 0 Å². The highest BCUT2D eigenvalue weighted by Gasteiger charge is 2.28. The van der Waals surface area contributed by atoms with E-state index < -0.39 is 10.0 Å². The van der Waals surface area contributed by atoms with Gasteiger partial charge in [0, 0.05) is 12.6 Å². The van der Waals surface area contributed by atoms with Gasteiger partial charge in [0.15, 0.2) is 0 Å². The highest BCUT2D eigenvalue weighted by atomic mass is 32.2. The maximum absolute atomic E-state index is 11.9. The summed E-state index contributed by atoms with van der Waals surface area (Å²) in [6.45, 7) is 2.79. The first-order valence-corrected chi connectivity index (χ1v) is 8.19. The number of ether oxygens (including phenoxy) is 1. The number of rotatable bonds is 4. The Morgan fingerprint density at radius 3 is 2.86 bits per heavy atom. The van der Waals surface area contributed by atoms with Crippen molar-refractivity contribution in [2.75, 3.05) is 37.4 Å². The zero-order valence-corrected chi connectivity index (χ0v) is 12.9. The van der Waals surface area contributed by atoms with Crippen molar-refractivity contribution in [3.63, 3.8) is 0 Å². The minimum atomic E-state index is -3.53. The Kier molecular flexibility index (Phi) is 4.72. The minimum Gasteiger partial charge on any atom is -0.397 e. The lowest BCUT2D eigenvalue weighted by molar-refractivity contribution is -0.0103. The number of anilines is 2. The lowest BCUT2D eigenvalue weighted by atomic mass is 10.1. The lowest BCUT2D eigenvalue weighted by Gasteiger charge is -2.39. The summed E-state index contributed by atoms with van der Waals surface area (Å²) in [5.74, 6) is 0. The number of nitrogen functional groups attached to an aromatic ring is 1. The lowest BCUT2D eigenvalue weighted by Crippen LogP contribution is -2.49. The molecule has 0 bridgehead atoms. The predicted molar refractivity (Wildman–Crippen MR) is 80.7 cm³/mol. The molecule has 7 nitrogen and oxygen atoms in total. The van der Waals surface area contributed by atoms with Gasteiger partial charge < -0.3 is 20.5 Å². The summed E-state index contributed by atoms with van der Waals surface area (Å²) in [7, 11) is -2.16. The smallest absolute Gasteiger partial charge is 0.240 e. The number of hydrogen-bond donors (Lipinski definition) is 3. The number of benzene rings is 1. The molecule has 2 unspecified atom stereocenters. The SMILES string of the molecule is CNS(=O)(=O)c1ccc(N)c(N2CC(CO)OCC2C)c1. The van der Waals surface area contributed by atoms with Crippen molar-refractivity contribution in [2.45, 2.75) is 24.0 Å². The normalized spacial score (nSPS) is 23.3. The van der Waals surface area contributed by atoms with E-state index in [2.05, 4.69) is 4.72 Å². The molecule has 0 aliphatic carbocycles. The Morgan fingerprint density at radius 1 is 1.52 bits per heavy atom. The number of nitrogens with two attached hydrogens (primary N) is 1. The molecule has 4 N–H and O–H groups in total. The fourth-order valence-electron chi connectivity index (χ4n) is 2.32. The first kappa shape index (κ1) is 16.0. The largest absolute Gasteiger partial charge is 0.397 e. The van der Waals surface area contributed by atoms with Gasteiger partial charge in [0.2, 0.25) is 10.0 Å². The Morgan fingerprint density at radius 2 is 2.24 bits per heavy atom. The van der Waals surface area contributed by atoms with E-state index in [4.69, 9.17) is 10.5 Å². The van der Waals surface area contributed by atoms with Gasteiger partial charge in [-0.25, -0.2) is 13.1 Å². The van der Waals surface area contributed by atoms with E-state index in [1.807, 2.05) is 11.8 Å². The quantitative estimate of drug-likeness (QED) is 0.663. The fraction of sp³-hybridized carbons (Fsp3) is 0.538. The van der Waals surface area contributed by atoms with Gasteiger partial charge in [0.1, 0.15) is 0 Å². The monoisotopic (exact) mass is 315 g/mol. The fourth-order valence-corrected chi connectivity index (χ4v) is 3.07. The van der Waals surface area contributed by atoms with E-state index in [1.165, 1.54) is 13.1 Å². The third kappa shape index (κ3) is 3.29. The van der Waals surface area contributed by atoms with Crippen LogP contribution in [0, 0.1) is 0 Å². The number of sulfonamides is 1. The van der Waals surface area contributed by atoms with Crippen LogP contribution in [0.4, 0.5) is 11.4 Å². The van der Waals surface area contributed by atoms with Gasteiger partial charge >= 0.3 is 0 Å². The molecule has 1 heterocycles. The van der Waals surface area contributed by atoms with Crippen molar-refractivity contribution in [3.05, 3.63) is 18.2 Å². The van der Waals surface area contributed by atoms with Crippen LogP contribution in [0.3, 0.4) is 0 Å². The molecule has 21 heavy (non-hydrogen) atoms. The summed E-state index contributed by atoms with van der Waals surface area (Å²) in [4.78, 5) is 2.13. The molecule has 8 heteroatoms. The standard InChI is InChI=1S/C13H21N3O4S/c1-9-8-20-10(7-17)6-16(9)13-5-11(3-4-12(13)14)21(18,19)15-2/h3-5,9-10,15,17H,6-8,14H2,1-2H3. The molecular formula is C13H21N3O4S. The number of aliphatic hydroxyl groups is 1. The first-order valence-electron chi connectivity index (χ1n) is 6.71. The van der Waals surface area contributed by atoms with Crippen LogP contribution in [0.1, 0.15) is 6.92 Å². The predicted octanol–water partition coefficient (Wildman–Crippen LogP) is -0.237. The minimum absolute atomic E-state index is 0.0441. The van der Waals surface area contributed by atoms with E-state index in [9.17, 15) is 13.5 Å². The highest BCUT2D eigenvalue weighted by molar-refractivity contribution is 7.89. The molecule has 2 rings (SSSR count). The van der Waals surface area contributed by atoms with Crippen molar-refractivity contribution in [2.24, 2.45) is 0 Å². The first-order chi connectivity index (χ1) is 9.89. The summed E-state index contributed by atoms with van der Waals surface area (Å²) in [5.41, 5.74) is 7.13. The Hall–Kier alpha value is -1.35. The van der Waals surface area contributed by atoms with E-state index in [0.29, 0.717) is 24.5 Å². The number of nitrogens with zero attached hydrogens (tertiary/aromatic N) is 1. The van der Waals surface area contributed by atoms with Crippen LogP contribution in [0.25, 0.3) is 0 Å². The topological polar surface area (TPSA) is 105 Å². The van der Waals surface area contributed by atoms with Crippen molar-refractivity contribution >= 4 is 21.4 Å². The molecule has 1 aliphatic rings. The molecule has 1 fully saturated rings. The average molecular weight is 315 g/mol. The number of nitrogens with one attached hydrogen (secondary N) is 1. The Labute approximate surface area is 124 Å². The summed E-state index contributed by atoms with van der Waals surface area (Å²) in [6.07, 6.45) is -0.301. The molecule has 1 saturated heterocycles. The van der Waals surface area contributed by atoms with Crippen LogP contribution in [0.5, 0.6) is 0 Å². The van der Waals surface area contributed by atoms with E-state index >= 15 is 0 Å². The van der Waals surface area contributed by atoms with Gasteiger partial charge in [-0.3, -0.25) is 0 Å². The van der Waals surface area contributed by atoms with Crippen LogP contribution in [0.15, 0.2) is 23.1 Å². The van der Waals surface area contributed by atoms with Gasteiger partial charge in [-0.05, 0) is 32.2 Å². The van der Waals surface area contributed by atoms with Crippen LogP contribution in [0.2, 0.25) is 0 Å². The molecule has 0 aromatic heterocycles. The van der Waals surface area contributed by atoms with Crippen LogP contribution in [-0.2, 0) is 14.8 Å². The Balaban J connectivity index is 2.40. The van der Waals surface area contributed by atoms with Gasteiger partial charge in [-0.15, -0.1) is 0 Å². The number of aliphatic hydroxyl groups excluding tert-OH is 1. The summed E-state index contributed by atoms with van der Waals surface area (Å²) < 4.78 is 31.6. The van der Waals surface area contributed by atoms with Crippen molar-refractivity contribution < 1.29 is 18.3 Å². The zero-order valence-electron chi connectivity index (χ0n) is 12.1. The molecule has 2 atom stereocenters. The number of morpholine rings is 1. The van der Waals surface area contributed by atoms with Gasteiger partial charge in [0.25, 0.3) is 0 Å². The second kappa shape index (κ2) is 6.18. The summed E-state index contributed by atoms with van der Waals surface area (Å²) >= 11 is 0. The second-order valence-electron chi connectivity index (χ2n) is 5.07. The molecule has 0 saturated carbocycles. The van der Waals surface area contributed by atoms with Crippen LogP contribution < -0.4 is 15.4 Å². The third-order valence-corrected chi connectivity index (χ3v) is 5.01. The molecule has 1 aromatic rings. The van der Waals surface area contributed by atoms with Gasteiger partial charge in [0.05, 0.1) is 35.6 Å². The van der Waals surface area contributed by atoms with Crippen molar-refractivity contribution in [3.8, 4) is 0 Å². The molecule has 0 amide bonds. The molecule has 1 aliphatic heterocycles. The van der Waals surface area contributed by atoms with E-state index in [0.717, 1.165) is 0 Å². The van der Waals surface area contributed by atoms with Gasteiger partial charge in [-0.2, -0.15) is 0 Å². The zero-order chi connectivity index (χ0) is 15.6. The third-order valence-electron chi connectivity index (χ3n) is 3.60. The van der Waals surface area contributed by atoms with Crippen LogP contribution >= 0.6 is 0 Å². The maximum atomic E-state index is 11.9. The molecule has 0 spiro atoms. The van der Waals surface area contributed by atoms with Crippen molar-refractivity contribution in [1.29, 1.82) is 0 Å². The van der Waals surface area contributed by atoms with E-state index in [-0.39, 0.29) is 23.6 Å². The van der Waals surface area contributed by atoms with E-state index in [1.54, 1.807) is 12.1 Å². The molecular weight excluding hydrogens is 294 g/mol. The van der Waals surface area contributed by atoms with Crippen LogP contribution in [-0.4, -0.2) is 52.5 Å². The average Bonchev–Trinajstić information content (AvgIpc) is 2.48. The molecule has 118 valence electrons. The Bertz CT molecular complexity index is 605. The second-order valence-corrected chi connectivity index (χ2v) is 6.95.